The average Bonchev–Trinajstić information content (AvgIpc) is 2.43. The summed E-state index contributed by atoms with van der Waals surface area (Å²) in [5.74, 6) is 1.43. The molecule has 1 amide bonds. The summed E-state index contributed by atoms with van der Waals surface area (Å²) in [5.41, 5.74) is 0. The lowest BCUT2D eigenvalue weighted by Crippen LogP contribution is -2.53. The second-order valence-corrected chi connectivity index (χ2v) is 7.43. The number of carbonyl (C=O) groups is 1. The van der Waals surface area contributed by atoms with Gasteiger partial charge in [-0.3, -0.25) is 9.69 Å². The summed E-state index contributed by atoms with van der Waals surface area (Å²) in [6.07, 6.45) is 4.35. The van der Waals surface area contributed by atoms with E-state index in [0.29, 0.717) is 18.1 Å². The van der Waals surface area contributed by atoms with Gasteiger partial charge < -0.3 is 15.0 Å². The lowest BCUT2D eigenvalue weighted by molar-refractivity contribution is -0.138. The zero-order valence-electron chi connectivity index (χ0n) is 14.5. The number of morpholine rings is 1. The molecule has 0 aromatic carbocycles. The fraction of sp³-hybridized carbons (Fsp3) is 0.941. The molecule has 2 unspecified atom stereocenters. The van der Waals surface area contributed by atoms with Gasteiger partial charge in [0.2, 0.25) is 5.91 Å². The molecule has 23 heavy (non-hydrogen) atoms. The number of carbonyl (C=O) groups excluding carboxylic acids is 1. The summed E-state index contributed by atoms with van der Waals surface area (Å²) in [6.45, 7) is 11.4. The zero-order valence-corrected chi connectivity index (χ0v) is 15.3. The Labute approximate surface area is 146 Å². The van der Waals surface area contributed by atoms with E-state index < -0.39 is 0 Å². The maximum absolute atomic E-state index is 12.2. The first-order chi connectivity index (χ1) is 10.6. The van der Waals surface area contributed by atoms with Crippen molar-refractivity contribution in [3.63, 3.8) is 0 Å². The number of halogens is 1. The summed E-state index contributed by atoms with van der Waals surface area (Å²) < 4.78 is 5.80. The summed E-state index contributed by atoms with van der Waals surface area (Å²) in [7, 11) is 0. The minimum absolute atomic E-state index is 0. The summed E-state index contributed by atoms with van der Waals surface area (Å²) in [4.78, 5) is 16.9. The van der Waals surface area contributed by atoms with Crippen LogP contribution in [-0.4, -0.2) is 73.7 Å². The van der Waals surface area contributed by atoms with Crippen molar-refractivity contribution >= 4 is 18.3 Å². The Morgan fingerprint density at radius 1 is 1.13 bits per heavy atom. The first kappa shape index (κ1) is 19.0. The van der Waals surface area contributed by atoms with Crippen LogP contribution in [-0.2, 0) is 9.53 Å². The van der Waals surface area contributed by atoms with E-state index in [4.69, 9.17) is 4.74 Å². The number of rotatable bonds is 4. The van der Waals surface area contributed by atoms with Gasteiger partial charge >= 0.3 is 0 Å². The molecule has 6 heteroatoms. The van der Waals surface area contributed by atoms with E-state index in [1.165, 1.54) is 25.8 Å². The van der Waals surface area contributed by atoms with Crippen LogP contribution in [0.2, 0.25) is 0 Å². The molecule has 5 nitrogen and oxygen atoms in total. The Hall–Kier alpha value is -0.360. The Balaban J connectivity index is 0.00000192. The van der Waals surface area contributed by atoms with Crippen molar-refractivity contribution in [3.05, 3.63) is 0 Å². The molecule has 3 aliphatic rings. The van der Waals surface area contributed by atoms with E-state index in [1.54, 1.807) is 0 Å². The SMILES string of the molecule is CC1CN(CCC2CCN(C(=O)C3CNC3)CC2)CC(C)O1.Cl. The molecule has 3 heterocycles. The van der Waals surface area contributed by atoms with Crippen LogP contribution < -0.4 is 5.32 Å². The van der Waals surface area contributed by atoms with Crippen molar-refractivity contribution in [1.82, 2.24) is 15.1 Å². The van der Waals surface area contributed by atoms with Gasteiger partial charge in [-0.25, -0.2) is 0 Å². The van der Waals surface area contributed by atoms with E-state index in [0.717, 1.165) is 45.2 Å². The van der Waals surface area contributed by atoms with Crippen molar-refractivity contribution in [1.29, 1.82) is 0 Å². The van der Waals surface area contributed by atoms with Crippen LogP contribution in [0.1, 0.15) is 33.1 Å². The van der Waals surface area contributed by atoms with Gasteiger partial charge in [-0.05, 0) is 45.6 Å². The molecular formula is C17H32ClN3O2. The van der Waals surface area contributed by atoms with Crippen LogP contribution in [0, 0.1) is 11.8 Å². The van der Waals surface area contributed by atoms with Crippen molar-refractivity contribution < 1.29 is 9.53 Å². The first-order valence-electron chi connectivity index (χ1n) is 8.99. The fourth-order valence-corrected chi connectivity index (χ4v) is 4.00. The molecule has 2 atom stereocenters. The summed E-state index contributed by atoms with van der Waals surface area (Å²) in [6, 6.07) is 0. The molecule has 3 rings (SSSR count). The third-order valence-corrected chi connectivity index (χ3v) is 5.41. The predicted molar refractivity (Wildman–Crippen MR) is 94.0 cm³/mol. The van der Waals surface area contributed by atoms with Gasteiger partial charge in [-0.2, -0.15) is 0 Å². The standard InChI is InChI=1S/C17H31N3O2.ClH/c1-13-11-19(12-14(2)22-13)6-3-15-4-7-20(8-5-15)17(21)16-9-18-10-16;/h13-16,18H,3-12H2,1-2H3;1H. The van der Waals surface area contributed by atoms with Crippen molar-refractivity contribution in [2.24, 2.45) is 11.8 Å². The number of hydrogen-bond donors (Lipinski definition) is 1. The van der Waals surface area contributed by atoms with Crippen molar-refractivity contribution in [2.75, 3.05) is 45.8 Å². The van der Waals surface area contributed by atoms with E-state index >= 15 is 0 Å². The minimum atomic E-state index is 0. The highest BCUT2D eigenvalue weighted by molar-refractivity contribution is 5.85. The van der Waals surface area contributed by atoms with Crippen LogP contribution in [0.4, 0.5) is 0 Å². The molecule has 0 saturated carbocycles. The molecule has 0 radical (unpaired) electrons. The predicted octanol–water partition coefficient (Wildman–Crippen LogP) is 1.37. The molecule has 3 aliphatic heterocycles. The van der Waals surface area contributed by atoms with Gasteiger partial charge in [0, 0.05) is 39.3 Å². The number of hydrogen-bond acceptors (Lipinski definition) is 4. The first-order valence-corrected chi connectivity index (χ1v) is 8.99. The van der Waals surface area contributed by atoms with Gasteiger partial charge in [0.1, 0.15) is 0 Å². The van der Waals surface area contributed by atoms with E-state index in [-0.39, 0.29) is 18.3 Å². The molecule has 0 spiro atoms. The molecule has 3 fully saturated rings. The van der Waals surface area contributed by atoms with Crippen LogP contribution in [0.25, 0.3) is 0 Å². The largest absolute Gasteiger partial charge is 0.373 e. The zero-order chi connectivity index (χ0) is 15.5. The van der Waals surface area contributed by atoms with Crippen LogP contribution in [0.5, 0.6) is 0 Å². The van der Waals surface area contributed by atoms with Crippen LogP contribution >= 0.6 is 12.4 Å². The number of ether oxygens (including phenoxy) is 1. The third kappa shape index (κ3) is 5.05. The third-order valence-electron chi connectivity index (χ3n) is 5.41. The monoisotopic (exact) mass is 345 g/mol. The second-order valence-electron chi connectivity index (χ2n) is 7.43. The molecule has 0 aliphatic carbocycles. The van der Waals surface area contributed by atoms with Crippen LogP contribution in [0.15, 0.2) is 0 Å². The normalized spacial score (nSPS) is 30.6. The Morgan fingerprint density at radius 3 is 2.26 bits per heavy atom. The summed E-state index contributed by atoms with van der Waals surface area (Å²) in [5, 5.41) is 3.19. The van der Waals surface area contributed by atoms with E-state index in [2.05, 4.69) is 29.0 Å². The summed E-state index contributed by atoms with van der Waals surface area (Å²) >= 11 is 0. The average molecular weight is 346 g/mol. The number of amides is 1. The highest BCUT2D eigenvalue weighted by Crippen LogP contribution is 2.23. The lowest BCUT2D eigenvalue weighted by atomic mass is 9.91. The molecule has 0 aromatic heterocycles. The number of nitrogens with zero attached hydrogens (tertiary/aromatic N) is 2. The maximum atomic E-state index is 12.2. The van der Waals surface area contributed by atoms with Crippen molar-refractivity contribution in [3.8, 4) is 0 Å². The molecule has 1 N–H and O–H groups in total. The minimum Gasteiger partial charge on any atom is -0.373 e. The topological polar surface area (TPSA) is 44.8 Å². The second kappa shape index (κ2) is 8.65. The Morgan fingerprint density at radius 2 is 1.74 bits per heavy atom. The number of likely N-dealkylation sites (tertiary alicyclic amines) is 1. The van der Waals surface area contributed by atoms with Gasteiger partial charge in [-0.1, -0.05) is 0 Å². The molecule has 0 bridgehead atoms. The van der Waals surface area contributed by atoms with E-state index in [1.807, 2.05) is 0 Å². The van der Waals surface area contributed by atoms with Gasteiger partial charge in [-0.15, -0.1) is 12.4 Å². The lowest BCUT2D eigenvalue weighted by Gasteiger charge is -2.38. The maximum Gasteiger partial charge on any atom is 0.228 e. The fourth-order valence-electron chi connectivity index (χ4n) is 4.00. The Kier molecular flexibility index (Phi) is 7.14. The highest BCUT2D eigenvalue weighted by atomic mass is 35.5. The van der Waals surface area contributed by atoms with Gasteiger partial charge in [0.05, 0.1) is 18.1 Å². The van der Waals surface area contributed by atoms with Gasteiger partial charge in [0.15, 0.2) is 0 Å². The van der Waals surface area contributed by atoms with Crippen molar-refractivity contribution in [2.45, 2.75) is 45.3 Å². The molecule has 3 saturated heterocycles. The van der Waals surface area contributed by atoms with E-state index in [9.17, 15) is 4.79 Å². The quantitative estimate of drug-likeness (QED) is 0.835. The Bertz CT molecular complexity index is 374. The number of nitrogens with one attached hydrogen (secondary N) is 1. The number of piperidine rings is 1. The molecular weight excluding hydrogens is 314 g/mol. The molecule has 134 valence electrons. The van der Waals surface area contributed by atoms with Crippen LogP contribution in [0.3, 0.4) is 0 Å². The van der Waals surface area contributed by atoms with Gasteiger partial charge in [0.25, 0.3) is 0 Å². The molecule has 0 aromatic rings. The smallest absolute Gasteiger partial charge is 0.228 e. The highest BCUT2D eigenvalue weighted by Gasteiger charge is 2.31.